The molecule has 1 aliphatic heterocycles. The van der Waals surface area contributed by atoms with E-state index in [0.29, 0.717) is 19.0 Å². The van der Waals surface area contributed by atoms with Crippen LogP contribution in [-0.4, -0.2) is 42.1 Å². The van der Waals surface area contributed by atoms with E-state index in [1.54, 1.807) is 12.0 Å². The largest absolute Gasteiger partial charge is 0.496 e. The van der Waals surface area contributed by atoms with Gasteiger partial charge in [0, 0.05) is 24.3 Å². The summed E-state index contributed by atoms with van der Waals surface area (Å²) in [7, 11) is 1.68. The molecule has 0 unspecified atom stereocenters. The molecular formula is C17H24BrNO3. The van der Waals surface area contributed by atoms with E-state index in [9.17, 15) is 4.79 Å². The quantitative estimate of drug-likeness (QED) is 0.754. The van der Waals surface area contributed by atoms with Crippen molar-refractivity contribution in [3.8, 4) is 5.75 Å². The Morgan fingerprint density at radius 1 is 1.32 bits per heavy atom. The third-order valence-corrected chi connectivity index (χ3v) is 4.66. The van der Waals surface area contributed by atoms with E-state index in [1.165, 1.54) is 0 Å². The first-order valence-corrected chi connectivity index (χ1v) is 8.64. The van der Waals surface area contributed by atoms with Crippen LogP contribution in [0.15, 0.2) is 24.3 Å². The average molecular weight is 370 g/mol. The summed E-state index contributed by atoms with van der Waals surface area (Å²) in [5, 5.41) is 0.842. The molecule has 0 N–H and O–H groups in total. The van der Waals surface area contributed by atoms with E-state index in [1.807, 2.05) is 39.0 Å². The smallest absolute Gasteiger partial charge is 0.410 e. The number of nitrogens with zero attached hydrogens (tertiary/aromatic N) is 1. The second-order valence-corrected chi connectivity index (χ2v) is 7.30. The van der Waals surface area contributed by atoms with Crippen molar-refractivity contribution in [3.63, 3.8) is 0 Å². The van der Waals surface area contributed by atoms with Gasteiger partial charge in [-0.1, -0.05) is 34.1 Å². The second-order valence-electron chi connectivity index (χ2n) is 6.65. The summed E-state index contributed by atoms with van der Waals surface area (Å²) in [4.78, 5) is 14.1. The van der Waals surface area contributed by atoms with E-state index in [4.69, 9.17) is 9.47 Å². The van der Waals surface area contributed by atoms with Crippen molar-refractivity contribution >= 4 is 22.0 Å². The molecular weight excluding hydrogens is 346 g/mol. The van der Waals surface area contributed by atoms with Crippen LogP contribution in [0.3, 0.4) is 0 Å². The number of likely N-dealkylation sites (tertiary alicyclic amines) is 1. The number of amides is 1. The minimum Gasteiger partial charge on any atom is -0.496 e. The van der Waals surface area contributed by atoms with Gasteiger partial charge in [-0.25, -0.2) is 4.79 Å². The highest BCUT2D eigenvalue weighted by Gasteiger charge is 2.38. The molecule has 2 atom stereocenters. The van der Waals surface area contributed by atoms with Crippen molar-refractivity contribution < 1.29 is 14.3 Å². The zero-order valence-corrected chi connectivity index (χ0v) is 15.2. The van der Waals surface area contributed by atoms with E-state index in [-0.39, 0.29) is 12.0 Å². The Balaban J connectivity index is 2.18. The molecule has 1 heterocycles. The number of hydrogen-bond acceptors (Lipinski definition) is 3. The highest BCUT2D eigenvalue weighted by Crippen LogP contribution is 2.38. The molecule has 1 amide bonds. The van der Waals surface area contributed by atoms with Crippen LogP contribution in [-0.2, 0) is 4.74 Å². The van der Waals surface area contributed by atoms with Crippen molar-refractivity contribution in [2.24, 2.45) is 5.92 Å². The number of rotatable bonds is 3. The van der Waals surface area contributed by atoms with Gasteiger partial charge in [0.1, 0.15) is 11.4 Å². The van der Waals surface area contributed by atoms with Gasteiger partial charge in [-0.2, -0.15) is 0 Å². The number of alkyl halides is 1. The summed E-state index contributed by atoms with van der Waals surface area (Å²) >= 11 is 3.58. The minimum atomic E-state index is -0.469. The predicted octanol–water partition coefficient (Wildman–Crippen LogP) is 4.04. The van der Waals surface area contributed by atoms with Crippen molar-refractivity contribution in [1.82, 2.24) is 4.90 Å². The van der Waals surface area contributed by atoms with Crippen LogP contribution < -0.4 is 4.74 Å². The molecule has 22 heavy (non-hydrogen) atoms. The van der Waals surface area contributed by atoms with Crippen LogP contribution in [0.5, 0.6) is 5.75 Å². The van der Waals surface area contributed by atoms with Gasteiger partial charge in [0.05, 0.1) is 7.11 Å². The maximum absolute atomic E-state index is 12.3. The van der Waals surface area contributed by atoms with Gasteiger partial charge in [-0.3, -0.25) is 0 Å². The van der Waals surface area contributed by atoms with E-state index in [2.05, 4.69) is 22.0 Å². The monoisotopic (exact) mass is 369 g/mol. The predicted molar refractivity (Wildman–Crippen MR) is 90.8 cm³/mol. The maximum atomic E-state index is 12.3. The molecule has 0 aromatic heterocycles. The molecule has 1 aromatic carbocycles. The second kappa shape index (κ2) is 6.90. The fourth-order valence-electron chi connectivity index (χ4n) is 2.83. The average Bonchev–Trinajstić information content (AvgIpc) is 2.89. The molecule has 0 aliphatic carbocycles. The molecule has 1 aliphatic rings. The summed E-state index contributed by atoms with van der Waals surface area (Å²) in [5.74, 6) is 1.48. The van der Waals surface area contributed by atoms with Crippen LogP contribution in [0.1, 0.15) is 32.3 Å². The lowest BCUT2D eigenvalue weighted by atomic mass is 9.90. The molecule has 0 bridgehead atoms. The van der Waals surface area contributed by atoms with Gasteiger partial charge in [-0.05, 0) is 38.3 Å². The first-order chi connectivity index (χ1) is 10.4. The van der Waals surface area contributed by atoms with Crippen molar-refractivity contribution in [2.75, 3.05) is 25.5 Å². The van der Waals surface area contributed by atoms with Gasteiger partial charge in [0.15, 0.2) is 0 Å². The maximum Gasteiger partial charge on any atom is 0.410 e. The number of halogens is 1. The molecule has 0 saturated carbocycles. The van der Waals surface area contributed by atoms with E-state index in [0.717, 1.165) is 16.6 Å². The third kappa shape index (κ3) is 3.94. The Labute approximate surface area is 140 Å². The van der Waals surface area contributed by atoms with Gasteiger partial charge in [-0.15, -0.1) is 0 Å². The van der Waals surface area contributed by atoms with E-state index < -0.39 is 5.60 Å². The zero-order chi connectivity index (χ0) is 16.3. The lowest BCUT2D eigenvalue weighted by molar-refractivity contribution is 0.0288. The van der Waals surface area contributed by atoms with Crippen LogP contribution in [0, 0.1) is 5.92 Å². The fourth-order valence-corrected chi connectivity index (χ4v) is 3.48. The number of carbonyl (C=O) groups excluding carboxylic acids is 1. The van der Waals surface area contributed by atoms with Crippen molar-refractivity contribution in [3.05, 3.63) is 29.8 Å². The number of ether oxygens (including phenoxy) is 2. The topological polar surface area (TPSA) is 38.8 Å². The molecule has 1 fully saturated rings. The molecule has 4 nitrogen and oxygen atoms in total. The number of carbonyl (C=O) groups is 1. The number of para-hydroxylation sites is 1. The van der Waals surface area contributed by atoms with Gasteiger partial charge in [0.2, 0.25) is 0 Å². The van der Waals surface area contributed by atoms with Crippen LogP contribution in [0.25, 0.3) is 0 Å². The van der Waals surface area contributed by atoms with E-state index >= 15 is 0 Å². The highest BCUT2D eigenvalue weighted by molar-refractivity contribution is 9.09. The Morgan fingerprint density at radius 3 is 2.59 bits per heavy atom. The first kappa shape index (κ1) is 17.1. The molecule has 122 valence electrons. The summed E-state index contributed by atoms with van der Waals surface area (Å²) in [5.41, 5.74) is 0.685. The van der Waals surface area contributed by atoms with Crippen molar-refractivity contribution in [2.45, 2.75) is 32.3 Å². The Hall–Kier alpha value is -1.23. The normalized spacial score (nSPS) is 21.8. The standard InChI is InChI=1S/C17H24BrNO3/c1-17(2,3)22-16(20)19-10-12(9-18)14(11-19)13-7-5-6-8-15(13)21-4/h5-8,12,14H,9-11H2,1-4H3/t12-,14-/m1/s1. The van der Waals surface area contributed by atoms with Crippen molar-refractivity contribution in [1.29, 1.82) is 0 Å². The van der Waals surface area contributed by atoms with Crippen LogP contribution >= 0.6 is 15.9 Å². The SMILES string of the molecule is COc1ccccc1[C@@H]1CN(C(=O)OC(C)(C)C)C[C@H]1CBr. The molecule has 0 radical (unpaired) electrons. The van der Waals surface area contributed by atoms with Crippen LogP contribution in [0.2, 0.25) is 0 Å². The molecule has 5 heteroatoms. The first-order valence-electron chi connectivity index (χ1n) is 7.52. The van der Waals surface area contributed by atoms with Gasteiger partial charge in [0.25, 0.3) is 0 Å². The summed E-state index contributed by atoms with van der Waals surface area (Å²) in [6.45, 7) is 7.02. The Bertz CT molecular complexity index is 527. The number of methoxy groups -OCH3 is 1. The van der Waals surface area contributed by atoms with Gasteiger partial charge >= 0.3 is 6.09 Å². The van der Waals surface area contributed by atoms with Crippen LogP contribution in [0.4, 0.5) is 4.79 Å². The summed E-state index contributed by atoms with van der Waals surface area (Å²) in [6.07, 6.45) is -0.240. The Kier molecular flexibility index (Phi) is 5.37. The summed E-state index contributed by atoms with van der Waals surface area (Å²) in [6, 6.07) is 8.03. The molecule has 2 rings (SSSR count). The highest BCUT2D eigenvalue weighted by atomic mass is 79.9. The van der Waals surface area contributed by atoms with Gasteiger partial charge < -0.3 is 14.4 Å². The molecule has 0 spiro atoms. The zero-order valence-electron chi connectivity index (χ0n) is 13.6. The molecule has 1 aromatic rings. The minimum absolute atomic E-state index is 0.240. The number of benzene rings is 1. The lowest BCUT2D eigenvalue weighted by Gasteiger charge is -2.24. The molecule has 1 saturated heterocycles. The lowest BCUT2D eigenvalue weighted by Crippen LogP contribution is -2.35. The summed E-state index contributed by atoms with van der Waals surface area (Å²) < 4.78 is 11.0. The third-order valence-electron chi connectivity index (χ3n) is 3.83. The fraction of sp³-hybridized carbons (Fsp3) is 0.588. The Morgan fingerprint density at radius 2 is 2.00 bits per heavy atom. The number of hydrogen-bond donors (Lipinski definition) is 0.